The van der Waals surface area contributed by atoms with Crippen molar-refractivity contribution in [1.82, 2.24) is 19.1 Å². The molecular formula is C16H13FN4O4S. The number of nitrogens with zero attached hydrogens (tertiary/aromatic N) is 4. The standard InChI is InChI=1S/C16H13FN4O4S/c1-20-13-11(15(24)21(2)16(20)25)14(26-7-10(22)23)19-12(18-13)8-5-3-4-6-9(8)17/h3-6H,7H2,1-2H3,(H,22,23). The van der Waals surface area contributed by atoms with Gasteiger partial charge in [-0.05, 0) is 12.1 Å². The summed E-state index contributed by atoms with van der Waals surface area (Å²) in [5.41, 5.74) is -1.15. The van der Waals surface area contributed by atoms with Crippen molar-refractivity contribution < 1.29 is 14.3 Å². The lowest BCUT2D eigenvalue weighted by molar-refractivity contribution is -0.133. The maximum Gasteiger partial charge on any atom is 0.332 e. The summed E-state index contributed by atoms with van der Waals surface area (Å²) >= 11 is 0.808. The molecule has 26 heavy (non-hydrogen) atoms. The number of aromatic nitrogens is 4. The highest BCUT2D eigenvalue weighted by atomic mass is 32.2. The van der Waals surface area contributed by atoms with Crippen LogP contribution in [0.2, 0.25) is 0 Å². The first kappa shape index (κ1) is 17.8. The molecule has 0 radical (unpaired) electrons. The van der Waals surface area contributed by atoms with Gasteiger partial charge in [-0.15, -0.1) is 0 Å². The van der Waals surface area contributed by atoms with Crippen molar-refractivity contribution >= 4 is 28.8 Å². The number of hydrogen-bond donors (Lipinski definition) is 1. The Balaban J connectivity index is 2.40. The normalized spacial score (nSPS) is 11.0. The number of rotatable bonds is 4. The van der Waals surface area contributed by atoms with Crippen molar-refractivity contribution in [2.24, 2.45) is 14.1 Å². The van der Waals surface area contributed by atoms with Crippen molar-refractivity contribution in [3.8, 4) is 11.4 Å². The molecule has 8 nitrogen and oxygen atoms in total. The minimum Gasteiger partial charge on any atom is -0.481 e. The molecule has 2 heterocycles. The number of benzene rings is 1. The monoisotopic (exact) mass is 376 g/mol. The van der Waals surface area contributed by atoms with Gasteiger partial charge in [0.1, 0.15) is 16.2 Å². The molecular weight excluding hydrogens is 363 g/mol. The molecule has 0 fully saturated rings. The minimum atomic E-state index is -1.10. The van der Waals surface area contributed by atoms with E-state index in [0.717, 1.165) is 20.9 Å². The van der Waals surface area contributed by atoms with E-state index in [-0.39, 0.29) is 33.2 Å². The first-order chi connectivity index (χ1) is 12.3. The SMILES string of the molecule is Cn1c(=O)c2c(SCC(=O)O)nc(-c3ccccc3F)nc2n(C)c1=O. The van der Waals surface area contributed by atoms with E-state index in [1.54, 1.807) is 6.07 Å². The van der Waals surface area contributed by atoms with Gasteiger partial charge in [-0.1, -0.05) is 23.9 Å². The topological polar surface area (TPSA) is 107 Å². The zero-order valence-corrected chi connectivity index (χ0v) is 14.6. The number of thioether (sulfide) groups is 1. The third-order valence-corrected chi connectivity index (χ3v) is 4.67. The van der Waals surface area contributed by atoms with E-state index in [0.29, 0.717) is 0 Å². The van der Waals surface area contributed by atoms with Gasteiger partial charge in [0.15, 0.2) is 11.5 Å². The molecule has 0 saturated carbocycles. The second kappa shape index (κ2) is 6.71. The Hall–Kier alpha value is -3.01. The predicted molar refractivity (Wildman–Crippen MR) is 93.8 cm³/mol. The van der Waals surface area contributed by atoms with Gasteiger partial charge in [-0.2, -0.15) is 0 Å². The van der Waals surface area contributed by atoms with E-state index in [1.807, 2.05) is 0 Å². The molecule has 0 unspecified atom stereocenters. The zero-order valence-electron chi connectivity index (χ0n) is 13.8. The summed E-state index contributed by atoms with van der Waals surface area (Å²) in [6, 6.07) is 5.79. The Morgan fingerprint density at radius 1 is 1.19 bits per heavy atom. The lowest BCUT2D eigenvalue weighted by atomic mass is 10.2. The van der Waals surface area contributed by atoms with Crippen molar-refractivity contribution in [2.75, 3.05) is 5.75 Å². The van der Waals surface area contributed by atoms with E-state index in [4.69, 9.17) is 5.11 Å². The van der Waals surface area contributed by atoms with Crippen LogP contribution < -0.4 is 11.2 Å². The third kappa shape index (κ3) is 2.99. The Kier molecular flexibility index (Phi) is 4.60. The number of fused-ring (bicyclic) bond motifs is 1. The largest absolute Gasteiger partial charge is 0.481 e. The smallest absolute Gasteiger partial charge is 0.332 e. The van der Waals surface area contributed by atoms with Crippen LogP contribution in [0.4, 0.5) is 4.39 Å². The molecule has 0 atom stereocenters. The first-order valence-electron chi connectivity index (χ1n) is 7.38. The molecule has 0 bridgehead atoms. The molecule has 0 spiro atoms. The van der Waals surface area contributed by atoms with E-state index in [9.17, 15) is 18.8 Å². The molecule has 10 heteroatoms. The summed E-state index contributed by atoms with van der Waals surface area (Å²) < 4.78 is 16.2. The summed E-state index contributed by atoms with van der Waals surface area (Å²) in [7, 11) is 2.73. The van der Waals surface area contributed by atoms with E-state index < -0.39 is 23.0 Å². The van der Waals surface area contributed by atoms with Crippen LogP contribution >= 0.6 is 11.8 Å². The van der Waals surface area contributed by atoms with Crippen LogP contribution in [0.5, 0.6) is 0 Å². The summed E-state index contributed by atoms with van der Waals surface area (Å²) in [5.74, 6) is -2.06. The number of hydrogen-bond acceptors (Lipinski definition) is 6. The average Bonchev–Trinajstić information content (AvgIpc) is 2.62. The number of carboxylic acids is 1. The summed E-state index contributed by atoms with van der Waals surface area (Å²) in [5, 5.41) is 9.03. The number of aryl methyl sites for hydroxylation is 1. The molecule has 0 aliphatic heterocycles. The van der Waals surface area contributed by atoms with E-state index >= 15 is 0 Å². The zero-order chi connectivity index (χ0) is 19.0. The molecule has 3 rings (SSSR count). The molecule has 0 aliphatic carbocycles. The molecule has 1 aromatic carbocycles. The Morgan fingerprint density at radius 3 is 2.54 bits per heavy atom. The van der Waals surface area contributed by atoms with Crippen molar-refractivity contribution in [2.45, 2.75) is 5.03 Å². The minimum absolute atomic E-state index is 0.0132. The van der Waals surface area contributed by atoms with Crippen molar-refractivity contribution in [3.05, 3.63) is 50.9 Å². The quantitative estimate of drug-likeness (QED) is 0.535. The van der Waals surface area contributed by atoms with E-state index in [1.165, 1.54) is 32.3 Å². The molecule has 0 aliphatic rings. The van der Waals surface area contributed by atoms with Crippen LogP contribution in [-0.2, 0) is 18.9 Å². The van der Waals surface area contributed by atoms with Crippen LogP contribution in [0.3, 0.4) is 0 Å². The van der Waals surface area contributed by atoms with Gasteiger partial charge >= 0.3 is 11.7 Å². The maximum atomic E-state index is 14.1. The van der Waals surface area contributed by atoms with Gasteiger partial charge in [-0.25, -0.2) is 19.2 Å². The highest BCUT2D eigenvalue weighted by Gasteiger charge is 2.19. The molecule has 0 saturated heterocycles. The van der Waals surface area contributed by atoms with Crippen LogP contribution in [0.15, 0.2) is 38.9 Å². The van der Waals surface area contributed by atoms with Crippen LogP contribution in [-0.4, -0.2) is 35.9 Å². The Morgan fingerprint density at radius 2 is 1.88 bits per heavy atom. The Bertz CT molecular complexity index is 1160. The van der Waals surface area contributed by atoms with Crippen molar-refractivity contribution in [1.29, 1.82) is 0 Å². The second-order valence-electron chi connectivity index (χ2n) is 5.42. The van der Waals surface area contributed by atoms with Crippen molar-refractivity contribution in [3.63, 3.8) is 0 Å². The average molecular weight is 376 g/mol. The number of carboxylic acid groups (broad SMARTS) is 1. The fourth-order valence-electron chi connectivity index (χ4n) is 2.43. The lowest BCUT2D eigenvalue weighted by Gasteiger charge is -2.11. The first-order valence-corrected chi connectivity index (χ1v) is 8.37. The number of carbonyl (C=O) groups is 1. The molecule has 134 valence electrons. The van der Waals surface area contributed by atoms with E-state index in [2.05, 4.69) is 9.97 Å². The number of halogens is 1. The van der Waals surface area contributed by atoms with Gasteiger partial charge in [0.25, 0.3) is 5.56 Å². The second-order valence-corrected chi connectivity index (χ2v) is 6.38. The summed E-state index contributed by atoms with van der Waals surface area (Å²) in [6.07, 6.45) is 0. The third-order valence-electron chi connectivity index (χ3n) is 3.71. The fraction of sp³-hybridized carbons (Fsp3) is 0.188. The lowest BCUT2D eigenvalue weighted by Crippen LogP contribution is -2.37. The van der Waals surface area contributed by atoms with Gasteiger partial charge < -0.3 is 5.11 Å². The molecule has 2 aromatic heterocycles. The predicted octanol–water partition coefficient (Wildman–Crippen LogP) is 1.01. The molecule has 1 N–H and O–H groups in total. The Labute approximate surface area is 149 Å². The highest BCUT2D eigenvalue weighted by Crippen LogP contribution is 2.27. The highest BCUT2D eigenvalue weighted by molar-refractivity contribution is 8.00. The van der Waals surface area contributed by atoms with Gasteiger partial charge in [-0.3, -0.25) is 18.7 Å². The van der Waals surface area contributed by atoms with Gasteiger partial charge in [0.2, 0.25) is 0 Å². The van der Waals surface area contributed by atoms with Gasteiger partial charge in [0.05, 0.1) is 11.3 Å². The van der Waals surface area contributed by atoms with Crippen LogP contribution in [0, 0.1) is 5.82 Å². The summed E-state index contributed by atoms with van der Waals surface area (Å²) in [4.78, 5) is 44.0. The summed E-state index contributed by atoms with van der Waals surface area (Å²) in [6.45, 7) is 0. The van der Waals surface area contributed by atoms with Crippen LogP contribution in [0.1, 0.15) is 0 Å². The fourth-order valence-corrected chi connectivity index (χ4v) is 3.16. The maximum absolute atomic E-state index is 14.1. The molecule has 3 aromatic rings. The van der Waals surface area contributed by atoms with Gasteiger partial charge in [0, 0.05) is 14.1 Å². The molecule has 0 amide bonds. The van der Waals surface area contributed by atoms with Crippen LogP contribution in [0.25, 0.3) is 22.4 Å². The number of aliphatic carboxylic acids is 1.